The van der Waals surface area contributed by atoms with Crippen LogP contribution >= 0.6 is 11.3 Å². The molecule has 0 saturated carbocycles. The third-order valence-electron chi connectivity index (χ3n) is 1.23. The molecule has 0 fully saturated rings. The summed E-state index contributed by atoms with van der Waals surface area (Å²) in [6.45, 7) is 0.204. The molecule has 1 aromatic rings. The van der Waals surface area contributed by atoms with E-state index in [0.717, 1.165) is 4.76 Å². The molecule has 5 heteroatoms. The van der Waals surface area contributed by atoms with Gasteiger partial charge in [0, 0.05) is 4.91 Å². The summed E-state index contributed by atoms with van der Waals surface area (Å²) in [6, 6.07) is 0. The monoisotopic (exact) mass is 154 g/mol. The average Bonchev–Trinajstić information content (AvgIpc) is 2.36. The van der Waals surface area contributed by atoms with Crippen LogP contribution in [-0.4, -0.2) is 22.6 Å². The van der Waals surface area contributed by atoms with Crippen LogP contribution in [0.4, 0.5) is 5.00 Å². The Morgan fingerprint density at radius 1 is 1.70 bits per heavy atom. The van der Waals surface area contributed by atoms with Gasteiger partial charge in [-0.25, -0.2) is 9.98 Å². The lowest BCUT2D eigenvalue weighted by Gasteiger charge is -1.91. The molecule has 2 rings (SSSR count). The molecule has 0 radical (unpaired) electrons. The fraction of sp³-hybridized carbons (Fsp3) is 0.200. The molecule has 0 amide bonds. The number of nitroso groups, excluding NO2 is 1. The highest BCUT2D eigenvalue weighted by atomic mass is 32.1. The zero-order valence-electron chi connectivity index (χ0n) is 5.02. The second-order valence-corrected chi connectivity index (χ2v) is 2.71. The highest BCUT2D eigenvalue weighted by Gasteiger charge is 2.23. The van der Waals surface area contributed by atoms with Gasteiger partial charge in [-0.05, 0) is 0 Å². The molecule has 1 aliphatic rings. The van der Waals surface area contributed by atoms with E-state index < -0.39 is 0 Å². The second-order valence-electron chi connectivity index (χ2n) is 1.87. The molecule has 10 heavy (non-hydrogen) atoms. The minimum Gasteiger partial charge on any atom is -0.236 e. The van der Waals surface area contributed by atoms with Crippen molar-refractivity contribution in [2.45, 2.75) is 0 Å². The van der Waals surface area contributed by atoms with Crippen LogP contribution in [0.2, 0.25) is 0 Å². The molecule has 50 valence electrons. The fourth-order valence-corrected chi connectivity index (χ4v) is 1.46. The van der Waals surface area contributed by atoms with Crippen LogP contribution in [-0.2, 0) is 0 Å². The van der Waals surface area contributed by atoms with Crippen LogP contribution in [0.5, 0.6) is 0 Å². The van der Waals surface area contributed by atoms with Crippen molar-refractivity contribution in [3.8, 4) is 0 Å². The van der Waals surface area contributed by atoms with Gasteiger partial charge in [0.1, 0.15) is 0 Å². The third kappa shape index (κ3) is 0.672. The Balaban J connectivity index is 2.62. The molecule has 0 spiro atoms. The molecule has 0 aliphatic carbocycles. The molecule has 0 N–H and O–H groups in total. The van der Waals surface area contributed by atoms with Crippen LogP contribution in [0.1, 0.15) is 5.69 Å². The first-order chi connectivity index (χ1) is 4.88. The molecule has 0 atom stereocenters. The third-order valence-corrected chi connectivity index (χ3v) is 2.07. The largest absolute Gasteiger partial charge is 0.342 e. The maximum Gasteiger partial charge on any atom is 0.342 e. The fourth-order valence-electron chi connectivity index (χ4n) is 0.789. The molecular weight excluding hydrogens is 150 g/mol. The Morgan fingerprint density at radius 3 is 3.40 bits per heavy atom. The van der Waals surface area contributed by atoms with E-state index in [4.69, 9.17) is 0 Å². The highest BCUT2D eigenvalue weighted by Crippen LogP contribution is 2.23. The molecule has 0 bridgehead atoms. The summed E-state index contributed by atoms with van der Waals surface area (Å²) in [6.07, 6.45) is 1.63. The number of fused-ring (bicyclic) bond motifs is 1. The van der Waals surface area contributed by atoms with Crippen molar-refractivity contribution in [1.29, 1.82) is 0 Å². The minimum atomic E-state index is 0.204. The van der Waals surface area contributed by atoms with Crippen molar-refractivity contribution < 1.29 is 4.76 Å². The predicted molar refractivity (Wildman–Crippen MR) is 37.9 cm³/mol. The van der Waals surface area contributed by atoms with Crippen LogP contribution in [0.25, 0.3) is 0 Å². The van der Waals surface area contributed by atoms with E-state index >= 15 is 0 Å². The van der Waals surface area contributed by atoms with Crippen molar-refractivity contribution in [2.24, 2.45) is 4.99 Å². The molecule has 1 aliphatic heterocycles. The van der Waals surface area contributed by atoms with E-state index in [0.29, 0.717) is 10.7 Å². The molecular formula is C5H4N3OS+. The van der Waals surface area contributed by atoms with Crippen molar-refractivity contribution in [3.05, 3.63) is 16.1 Å². The summed E-state index contributed by atoms with van der Waals surface area (Å²) in [5.41, 5.74) is 2.33. The Hall–Kier alpha value is -1.10. The van der Waals surface area contributed by atoms with E-state index in [1.165, 1.54) is 11.3 Å². The zero-order valence-corrected chi connectivity index (χ0v) is 5.84. The van der Waals surface area contributed by atoms with Gasteiger partial charge >= 0.3 is 5.00 Å². The quantitative estimate of drug-likeness (QED) is 0.522. The first-order valence-corrected chi connectivity index (χ1v) is 3.64. The van der Waals surface area contributed by atoms with Crippen LogP contribution < -0.4 is 0 Å². The van der Waals surface area contributed by atoms with Crippen LogP contribution in [0, 0.1) is 4.91 Å². The highest BCUT2D eigenvalue weighted by molar-refractivity contribution is 7.13. The summed E-state index contributed by atoms with van der Waals surface area (Å²) in [5, 5.41) is 0.662. The summed E-state index contributed by atoms with van der Waals surface area (Å²) in [5.74, 6) is 0. The van der Waals surface area contributed by atoms with Crippen molar-refractivity contribution in [2.75, 3.05) is 6.67 Å². The number of hydrogen-bond donors (Lipinski definition) is 0. The van der Waals surface area contributed by atoms with E-state index in [9.17, 15) is 4.91 Å². The average molecular weight is 154 g/mol. The van der Waals surface area contributed by atoms with Gasteiger partial charge in [0.05, 0.1) is 16.5 Å². The normalized spacial score (nSPS) is 15.4. The van der Waals surface area contributed by atoms with Crippen LogP contribution in [0.3, 0.4) is 0 Å². The summed E-state index contributed by atoms with van der Waals surface area (Å²) < 4.78 is 0.840. The predicted octanol–water partition coefficient (Wildman–Crippen LogP) is 0.944. The van der Waals surface area contributed by atoms with Crippen molar-refractivity contribution in [1.82, 2.24) is 4.98 Å². The minimum absolute atomic E-state index is 0.204. The molecule has 4 nitrogen and oxygen atoms in total. The van der Waals surface area contributed by atoms with Crippen molar-refractivity contribution >= 4 is 22.6 Å². The standard InChI is InChI=1S/C5H4N3OS/c9-8-2-6-1-4-5(8)10-3-7-4/h1,3H,2H2/q+1. The first-order valence-electron chi connectivity index (χ1n) is 2.76. The van der Waals surface area contributed by atoms with Crippen LogP contribution in [0.15, 0.2) is 10.5 Å². The smallest absolute Gasteiger partial charge is 0.236 e. The molecule has 0 saturated heterocycles. The Bertz CT molecular complexity index is 304. The number of rotatable bonds is 0. The van der Waals surface area contributed by atoms with Crippen molar-refractivity contribution in [3.63, 3.8) is 0 Å². The summed E-state index contributed by atoms with van der Waals surface area (Å²) in [7, 11) is 0. The zero-order chi connectivity index (χ0) is 6.97. The molecule has 1 aromatic heterocycles. The molecule has 2 heterocycles. The first kappa shape index (κ1) is 5.67. The van der Waals surface area contributed by atoms with E-state index in [-0.39, 0.29) is 6.67 Å². The Kier molecular flexibility index (Phi) is 1.10. The van der Waals surface area contributed by atoms with Gasteiger partial charge in [-0.1, -0.05) is 11.3 Å². The topological polar surface area (TPSA) is 45.3 Å². The number of thiazole rings is 1. The van der Waals surface area contributed by atoms with Gasteiger partial charge in [0.25, 0.3) is 6.67 Å². The number of aromatic nitrogens is 1. The maximum absolute atomic E-state index is 10.9. The lowest BCUT2D eigenvalue weighted by Crippen LogP contribution is -2.06. The number of aliphatic imine (C=N–C) groups is 1. The number of nitrogens with zero attached hydrogens (tertiary/aromatic N) is 3. The van der Waals surface area contributed by atoms with E-state index in [1.54, 1.807) is 11.7 Å². The lowest BCUT2D eigenvalue weighted by molar-refractivity contribution is -0.458. The van der Waals surface area contributed by atoms with Gasteiger partial charge in [-0.2, -0.15) is 0 Å². The second kappa shape index (κ2) is 1.95. The van der Waals surface area contributed by atoms with Gasteiger partial charge in [0.15, 0.2) is 5.69 Å². The Morgan fingerprint density at radius 2 is 2.60 bits per heavy atom. The van der Waals surface area contributed by atoms with Gasteiger partial charge in [0.2, 0.25) is 0 Å². The Labute approximate surface area is 60.8 Å². The summed E-state index contributed by atoms with van der Waals surface area (Å²) in [4.78, 5) is 18.7. The van der Waals surface area contributed by atoms with Gasteiger partial charge in [-0.15, -0.1) is 0 Å². The van der Waals surface area contributed by atoms with E-state index in [2.05, 4.69) is 9.98 Å². The summed E-state index contributed by atoms with van der Waals surface area (Å²) >= 11 is 1.34. The number of hydrogen-bond acceptors (Lipinski definition) is 4. The molecule has 0 aromatic carbocycles. The maximum atomic E-state index is 10.9. The van der Waals surface area contributed by atoms with E-state index in [1.807, 2.05) is 0 Å². The SMILES string of the molecule is O=[N+]1CN=Cc2ncsc21. The molecule has 0 unspecified atom stereocenters. The van der Waals surface area contributed by atoms with Gasteiger partial charge in [-0.3, -0.25) is 0 Å². The van der Waals surface area contributed by atoms with Gasteiger partial charge < -0.3 is 0 Å². The lowest BCUT2D eigenvalue weighted by atomic mass is 10.4.